The van der Waals surface area contributed by atoms with E-state index in [9.17, 15) is 0 Å². The Bertz CT molecular complexity index is 174. The van der Waals surface area contributed by atoms with Gasteiger partial charge in [-0.3, -0.25) is 0 Å². The lowest BCUT2D eigenvalue weighted by molar-refractivity contribution is 0.206. The molecular formula is C11H16. The average Bonchev–Trinajstić information content (AvgIpc) is 2.59. The number of hydrogen-bond donors (Lipinski definition) is 0. The van der Waals surface area contributed by atoms with Crippen molar-refractivity contribution in [3.05, 3.63) is 24.3 Å². The van der Waals surface area contributed by atoms with Crippen molar-refractivity contribution in [2.45, 2.75) is 26.7 Å². The maximum atomic E-state index is 2.39. The Morgan fingerprint density at radius 1 is 0.909 bits per heavy atom. The Kier molecular flexibility index (Phi) is 1.45. The van der Waals surface area contributed by atoms with Crippen LogP contribution in [0.15, 0.2) is 24.3 Å². The van der Waals surface area contributed by atoms with Gasteiger partial charge in [0, 0.05) is 11.8 Å². The summed E-state index contributed by atoms with van der Waals surface area (Å²) >= 11 is 0. The van der Waals surface area contributed by atoms with E-state index in [0.29, 0.717) is 5.41 Å². The van der Waals surface area contributed by atoms with E-state index in [0.717, 1.165) is 11.8 Å². The molecule has 11 heavy (non-hydrogen) atoms. The predicted octanol–water partition coefficient (Wildman–Crippen LogP) is 3.16. The van der Waals surface area contributed by atoms with Crippen LogP contribution in [0, 0.1) is 17.3 Å². The smallest absolute Gasteiger partial charge is 0.00119 e. The Morgan fingerprint density at radius 2 is 1.27 bits per heavy atom. The third kappa shape index (κ3) is 0.702. The summed E-state index contributed by atoms with van der Waals surface area (Å²) in [5.74, 6) is 1.50. The summed E-state index contributed by atoms with van der Waals surface area (Å²) in [4.78, 5) is 0. The molecule has 60 valence electrons. The highest BCUT2D eigenvalue weighted by molar-refractivity contribution is 5.29. The van der Waals surface area contributed by atoms with Gasteiger partial charge in [0.05, 0.1) is 0 Å². The van der Waals surface area contributed by atoms with E-state index in [-0.39, 0.29) is 0 Å². The molecule has 0 radical (unpaired) electrons. The van der Waals surface area contributed by atoms with Crippen molar-refractivity contribution < 1.29 is 0 Å². The molecule has 0 aromatic carbocycles. The summed E-state index contributed by atoms with van der Waals surface area (Å²) in [7, 11) is 0. The summed E-state index contributed by atoms with van der Waals surface area (Å²) in [6.45, 7) is 4.65. The molecule has 0 unspecified atom stereocenters. The molecule has 0 heteroatoms. The summed E-state index contributed by atoms with van der Waals surface area (Å²) in [6.07, 6.45) is 12.2. The van der Waals surface area contributed by atoms with Gasteiger partial charge in [-0.25, -0.2) is 0 Å². The Labute approximate surface area is 69.0 Å². The normalized spacial score (nSPS) is 36.9. The van der Waals surface area contributed by atoms with E-state index in [1.807, 2.05) is 0 Å². The van der Waals surface area contributed by atoms with Crippen molar-refractivity contribution in [3.63, 3.8) is 0 Å². The predicted molar refractivity (Wildman–Crippen MR) is 48.3 cm³/mol. The van der Waals surface area contributed by atoms with E-state index in [2.05, 4.69) is 38.2 Å². The van der Waals surface area contributed by atoms with Gasteiger partial charge in [0.25, 0.3) is 0 Å². The van der Waals surface area contributed by atoms with E-state index in [4.69, 9.17) is 0 Å². The molecule has 0 aromatic heterocycles. The molecule has 0 saturated heterocycles. The first-order valence-electron chi connectivity index (χ1n) is 4.70. The first-order chi connectivity index (χ1) is 5.33. The zero-order valence-electron chi connectivity index (χ0n) is 7.38. The second-order valence-corrected chi connectivity index (χ2v) is 3.76. The Balaban J connectivity index is 2.30. The van der Waals surface area contributed by atoms with Gasteiger partial charge < -0.3 is 0 Å². The van der Waals surface area contributed by atoms with E-state index < -0.39 is 0 Å². The molecule has 2 rings (SSSR count). The quantitative estimate of drug-likeness (QED) is 0.528. The number of fused-ring (bicyclic) bond motifs is 2. The minimum atomic E-state index is 0.583. The van der Waals surface area contributed by atoms with Crippen LogP contribution in [0.25, 0.3) is 0 Å². The van der Waals surface area contributed by atoms with Crippen molar-refractivity contribution in [1.82, 2.24) is 0 Å². The Morgan fingerprint density at radius 3 is 1.45 bits per heavy atom. The summed E-state index contributed by atoms with van der Waals surface area (Å²) in [5.41, 5.74) is 0.583. The van der Waals surface area contributed by atoms with Crippen LogP contribution in [-0.4, -0.2) is 0 Å². The van der Waals surface area contributed by atoms with Crippen molar-refractivity contribution in [2.75, 3.05) is 0 Å². The number of hydrogen-bond acceptors (Lipinski definition) is 0. The second-order valence-electron chi connectivity index (χ2n) is 3.76. The third-order valence-electron chi connectivity index (χ3n) is 3.70. The van der Waals surface area contributed by atoms with Gasteiger partial charge in [0.15, 0.2) is 0 Å². The van der Waals surface area contributed by atoms with Crippen LogP contribution in [0.4, 0.5) is 0 Å². The van der Waals surface area contributed by atoms with Crippen LogP contribution in [0.2, 0.25) is 0 Å². The lowest BCUT2D eigenvalue weighted by Crippen LogP contribution is -2.25. The van der Waals surface area contributed by atoms with Gasteiger partial charge in [-0.15, -0.1) is 0 Å². The molecule has 0 N–H and O–H groups in total. The maximum absolute atomic E-state index is 2.39. The van der Waals surface area contributed by atoms with Gasteiger partial charge >= 0.3 is 0 Å². The zero-order chi connectivity index (χ0) is 7.90. The molecule has 2 aliphatic rings. The fraction of sp³-hybridized carbons (Fsp3) is 0.636. The van der Waals surface area contributed by atoms with E-state index in [1.165, 1.54) is 12.8 Å². The summed E-state index contributed by atoms with van der Waals surface area (Å²) in [6, 6.07) is 0. The largest absolute Gasteiger partial charge is 0.0804 e. The van der Waals surface area contributed by atoms with Crippen LogP contribution in [0.1, 0.15) is 26.7 Å². The molecule has 0 saturated carbocycles. The molecule has 2 aliphatic carbocycles. The van der Waals surface area contributed by atoms with E-state index >= 15 is 0 Å². The minimum absolute atomic E-state index is 0.583. The second kappa shape index (κ2) is 2.23. The van der Waals surface area contributed by atoms with Crippen LogP contribution in [-0.2, 0) is 0 Å². The summed E-state index contributed by atoms with van der Waals surface area (Å²) in [5, 5.41) is 0. The fourth-order valence-electron chi connectivity index (χ4n) is 2.79. The molecule has 0 fully saturated rings. The first-order valence-corrected chi connectivity index (χ1v) is 4.70. The highest BCUT2D eigenvalue weighted by Gasteiger charge is 2.45. The van der Waals surface area contributed by atoms with Crippen molar-refractivity contribution in [1.29, 1.82) is 0 Å². The topological polar surface area (TPSA) is 0 Å². The van der Waals surface area contributed by atoms with Crippen LogP contribution < -0.4 is 0 Å². The highest BCUT2D eigenvalue weighted by Crippen LogP contribution is 2.53. The summed E-state index contributed by atoms with van der Waals surface area (Å²) < 4.78 is 0. The van der Waals surface area contributed by atoms with Gasteiger partial charge in [0.2, 0.25) is 0 Å². The molecule has 0 nitrogen and oxygen atoms in total. The van der Waals surface area contributed by atoms with Crippen LogP contribution in [0.3, 0.4) is 0 Å². The number of allylic oxidation sites excluding steroid dienone is 4. The molecule has 0 heterocycles. The van der Waals surface area contributed by atoms with Gasteiger partial charge in [-0.2, -0.15) is 0 Å². The average molecular weight is 148 g/mol. The fourth-order valence-corrected chi connectivity index (χ4v) is 2.79. The maximum Gasteiger partial charge on any atom is 0.00119 e. The van der Waals surface area contributed by atoms with Gasteiger partial charge in [0.1, 0.15) is 0 Å². The van der Waals surface area contributed by atoms with Gasteiger partial charge in [-0.1, -0.05) is 38.2 Å². The number of rotatable bonds is 2. The molecular weight excluding hydrogens is 132 g/mol. The van der Waals surface area contributed by atoms with Crippen LogP contribution >= 0.6 is 0 Å². The molecule has 0 aliphatic heterocycles. The van der Waals surface area contributed by atoms with Crippen LogP contribution in [0.5, 0.6) is 0 Å². The van der Waals surface area contributed by atoms with E-state index in [1.54, 1.807) is 0 Å². The molecule has 0 aromatic rings. The lowest BCUT2D eigenvalue weighted by atomic mass is 9.71. The molecule has 0 amide bonds. The Hall–Kier alpha value is -0.520. The molecule has 0 atom stereocenters. The van der Waals surface area contributed by atoms with Crippen molar-refractivity contribution in [3.8, 4) is 0 Å². The minimum Gasteiger partial charge on any atom is -0.0804 e. The zero-order valence-corrected chi connectivity index (χ0v) is 7.38. The van der Waals surface area contributed by atoms with Crippen molar-refractivity contribution >= 4 is 0 Å². The third-order valence-corrected chi connectivity index (χ3v) is 3.70. The molecule has 0 spiro atoms. The first kappa shape index (κ1) is 7.15. The monoisotopic (exact) mass is 148 g/mol. The highest BCUT2D eigenvalue weighted by atomic mass is 14.5. The SMILES string of the molecule is CCC1(CC)C2C=CC1C=C2. The van der Waals surface area contributed by atoms with Gasteiger partial charge in [-0.05, 0) is 18.3 Å². The molecule has 2 bridgehead atoms. The lowest BCUT2D eigenvalue weighted by Gasteiger charge is -2.32. The van der Waals surface area contributed by atoms with Crippen molar-refractivity contribution in [2.24, 2.45) is 17.3 Å². The standard InChI is InChI=1S/C11H16/c1-3-11(4-2)9-5-6-10(11)8-7-9/h5-10H,3-4H2,1-2H3.